The van der Waals surface area contributed by atoms with Crippen molar-refractivity contribution >= 4 is 23.3 Å². The predicted molar refractivity (Wildman–Crippen MR) is 104 cm³/mol. The van der Waals surface area contributed by atoms with E-state index in [0.29, 0.717) is 17.7 Å². The highest BCUT2D eigenvalue weighted by Crippen LogP contribution is 2.15. The second-order valence-electron chi connectivity index (χ2n) is 5.93. The van der Waals surface area contributed by atoms with E-state index in [1.54, 1.807) is 31.2 Å². The van der Waals surface area contributed by atoms with Crippen LogP contribution in [0.3, 0.4) is 0 Å². The van der Waals surface area contributed by atoms with Gasteiger partial charge in [0.25, 0.3) is 5.91 Å². The Bertz CT molecular complexity index is 800. The van der Waals surface area contributed by atoms with Gasteiger partial charge in [-0.3, -0.25) is 14.4 Å². The Hall–Kier alpha value is -3.15. The molecule has 0 aliphatic rings. The maximum atomic E-state index is 12.0. The molecule has 0 aliphatic heterocycles. The fourth-order valence-electron chi connectivity index (χ4n) is 2.46. The van der Waals surface area contributed by atoms with Crippen molar-refractivity contribution in [3.63, 3.8) is 0 Å². The SMILES string of the molecule is CCC(=O)c1ccc(OCC(=O)NCC(=O)Nc2ccccc2CC)cc1. The van der Waals surface area contributed by atoms with Crippen LogP contribution in [0.2, 0.25) is 0 Å². The van der Waals surface area contributed by atoms with Gasteiger partial charge in [-0.05, 0) is 42.3 Å². The zero-order valence-corrected chi connectivity index (χ0v) is 15.6. The lowest BCUT2D eigenvalue weighted by molar-refractivity contribution is -0.125. The normalized spacial score (nSPS) is 10.1. The molecular formula is C21H24N2O4. The number of para-hydroxylation sites is 1. The predicted octanol–water partition coefficient (Wildman–Crippen LogP) is 2.98. The Morgan fingerprint density at radius 3 is 2.30 bits per heavy atom. The van der Waals surface area contributed by atoms with E-state index in [2.05, 4.69) is 10.6 Å². The van der Waals surface area contributed by atoms with Gasteiger partial charge >= 0.3 is 0 Å². The fraction of sp³-hybridized carbons (Fsp3) is 0.286. The molecule has 0 radical (unpaired) electrons. The molecule has 6 heteroatoms. The number of rotatable bonds is 9. The van der Waals surface area contributed by atoms with E-state index in [0.717, 1.165) is 17.7 Å². The number of amides is 2. The monoisotopic (exact) mass is 368 g/mol. The van der Waals surface area contributed by atoms with Gasteiger partial charge in [0.05, 0.1) is 6.54 Å². The molecule has 6 nitrogen and oxygen atoms in total. The molecule has 2 amide bonds. The van der Waals surface area contributed by atoms with Crippen LogP contribution < -0.4 is 15.4 Å². The Balaban J connectivity index is 1.75. The molecule has 2 aromatic carbocycles. The summed E-state index contributed by atoms with van der Waals surface area (Å²) in [5.41, 5.74) is 2.39. The number of Topliss-reactive ketones (excluding diaryl/α,β-unsaturated/α-hetero) is 1. The van der Waals surface area contributed by atoms with Gasteiger partial charge < -0.3 is 15.4 Å². The van der Waals surface area contributed by atoms with Crippen molar-refractivity contribution in [3.8, 4) is 5.75 Å². The molecule has 0 atom stereocenters. The van der Waals surface area contributed by atoms with Crippen LogP contribution in [0, 0.1) is 0 Å². The maximum Gasteiger partial charge on any atom is 0.258 e. The summed E-state index contributed by atoms with van der Waals surface area (Å²) >= 11 is 0. The van der Waals surface area contributed by atoms with E-state index >= 15 is 0 Å². The Kier molecular flexibility index (Phi) is 7.55. The van der Waals surface area contributed by atoms with Gasteiger partial charge in [0, 0.05) is 17.7 Å². The lowest BCUT2D eigenvalue weighted by Crippen LogP contribution is -2.35. The summed E-state index contributed by atoms with van der Waals surface area (Å²) in [7, 11) is 0. The van der Waals surface area contributed by atoms with E-state index in [1.807, 2.05) is 31.2 Å². The molecule has 2 N–H and O–H groups in total. The molecule has 0 heterocycles. The minimum atomic E-state index is -0.400. The van der Waals surface area contributed by atoms with E-state index in [1.165, 1.54) is 0 Å². The van der Waals surface area contributed by atoms with Gasteiger partial charge in [-0.1, -0.05) is 32.0 Å². The van der Waals surface area contributed by atoms with Gasteiger partial charge in [-0.25, -0.2) is 0 Å². The molecule has 0 aromatic heterocycles. The molecule has 2 aromatic rings. The lowest BCUT2D eigenvalue weighted by atomic mass is 10.1. The van der Waals surface area contributed by atoms with Crippen molar-refractivity contribution in [1.82, 2.24) is 5.32 Å². The van der Waals surface area contributed by atoms with Crippen LogP contribution in [0.5, 0.6) is 5.75 Å². The van der Waals surface area contributed by atoms with Crippen molar-refractivity contribution in [2.45, 2.75) is 26.7 Å². The first-order chi connectivity index (χ1) is 13.0. The molecular weight excluding hydrogens is 344 g/mol. The largest absolute Gasteiger partial charge is 0.484 e. The molecule has 27 heavy (non-hydrogen) atoms. The summed E-state index contributed by atoms with van der Waals surface area (Å²) < 4.78 is 5.37. The van der Waals surface area contributed by atoms with Crippen LogP contribution in [0.15, 0.2) is 48.5 Å². The van der Waals surface area contributed by atoms with Gasteiger partial charge in [-0.2, -0.15) is 0 Å². The third kappa shape index (κ3) is 6.26. The topological polar surface area (TPSA) is 84.5 Å². The first-order valence-electron chi connectivity index (χ1n) is 8.94. The van der Waals surface area contributed by atoms with Crippen LogP contribution in [0.25, 0.3) is 0 Å². The molecule has 0 bridgehead atoms. The van der Waals surface area contributed by atoms with Crippen LogP contribution >= 0.6 is 0 Å². The molecule has 0 aliphatic carbocycles. The summed E-state index contributed by atoms with van der Waals surface area (Å²) in [5, 5.41) is 5.31. The van der Waals surface area contributed by atoms with Crippen LogP contribution in [-0.4, -0.2) is 30.7 Å². The van der Waals surface area contributed by atoms with Crippen molar-refractivity contribution in [1.29, 1.82) is 0 Å². The number of carbonyl (C=O) groups excluding carboxylic acids is 3. The minimum absolute atomic E-state index is 0.0509. The number of hydrogen-bond donors (Lipinski definition) is 2. The Labute approximate surface area is 158 Å². The number of carbonyl (C=O) groups is 3. The first kappa shape index (κ1) is 20.2. The Morgan fingerprint density at radius 1 is 0.926 bits per heavy atom. The maximum absolute atomic E-state index is 12.0. The van der Waals surface area contributed by atoms with Gasteiger partial charge in [-0.15, -0.1) is 0 Å². The second-order valence-corrected chi connectivity index (χ2v) is 5.93. The van der Waals surface area contributed by atoms with E-state index in [4.69, 9.17) is 4.74 Å². The van der Waals surface area contributed by atoms with Crippen molar-refractivity contribution < 1.29 is 19.1 Å². The van der Waals surface area contributed by atoms with Crippen molar-refractivity contribution in [3.05, 3.63) is 59.7 Å². The van der Waals surface area contributed by atoms with Crippen LogP contribution in [0.1, 0.15) is 36.2 Å². The first-order valence-corrected chi connectivity index (χ1v) is 8.94. The number of ether oxygens (including phenoxy) is 1. The smallest absolute Gasteiger partial charge is 0.258 e. The Morgan fingerprint density at radius 2 is 1.63 bits per heavy atom. The van der Waals surface area contributed by atoms with Crippen molar-refractivity contribution in [2.75, 3.05) is 18.5 Å². The van der Waals surface area contributed by atoms with Crippen LogP contribution in [-0.2, 0) is 16.0 Å². The van der Waals surface area contributed by atoms with Crippen LogP contribution in [0.4, 0.5) is 5.69 Å². The molecule has 0 saturated heterocycles. The van der Waals surface area contributed by atoms with E-state index < -0.39 is 5.91 Å². The molecule has 2 rings (SSSR count). The summed E-state index contributed by atoms with van der Waals surface area (Å²) in [6.45, 7) is 3.47. The van der Waals surface area contributed by atoms with E-state index in [-0.39, 0.29) is 24.8 Å². The van der Waals surface area contributed by atoms with Gasteiger partial charge in [0.2, 0.25) is 5.91 Å². The van der Waals surface area contributed by atoms with Gasteiger partial charge in [0.1, 0.15) is 5.75 Å². The second kappa shape index (κ2) is 10.1. The van der Waals surface area contributed by atoms with Gasteiger partial charge in [0.15, 0.2) is 12.4 Å². The number of hydrogen-bond acceptors (Lipinski definition) is 4. The average Bonchev–Trinajstić information content (AvgIpc) is 2.71. The number of benzene rings is 2. The highest BCUT2D eigenvalue weighted by molar-refractivity contribution is 5.96. The third-order valence-electron chi connectivity index (χ3n) is 3.99. The third-order valence-corrected chi connectivity index (χ3v) is 3.99. The standard InChI is InChI=1S/C21H24N2O4/c1-3-15-7-5-6-8-18(15)23-20(25)13-22-21(26)14-27-17-11-9-16(10-12-17)19(24)4-2/h5-12H,3-4,13-14H2,1-2H3,(H,22,26)(H,23,25). The molecule has 0 spiro atoms. The zero-order chi connectivity index (χ0) is 19.6. The van der Waals surface area contributed by atoms with Crippen molar-refractivity contribution in [2.24, 2.45) is 0 Å². The molecule has 0 unspecified atom stereocenters. The zero-order valence-electron chi connectivity index (χ0n) is 15.6. The quantitative estimate of drug-likeness (QED) is 0.667. The highest BCUT2D eigenvalue weighted by atomic mass is 16.5. The number of ketones is 1. The summed E-state index contributed by atoms with van der Waals surface area (Å²) in [6.07, 6.45) is 1.24. The minimum Gasteiger partial charge on any atom is -0.484 e. The number of aryl methyl sites for hydroxylation is 1. The summed E-state index contributed by atoms with van der Waals surface area (Å²) in [6, 6.07) is 14.2. The number of nitrogens with one attached hydrogen (secondary N) is 2. The summed E-state index contributed by atoms with van der Waals surface area (Å²) in [4.78, 5) is 35.4. The lowest BCUT2D eigenvalue weighted by Gasteiger charge is -2.11. The fourth-order valence-corrected chi connectivity index (χ4v) is 2.46. The van der Waals surface area contributed by atoms with E-state index in [9.17, 15) is 14.4 Å². The highest BCUT2D eigenvalue weighted by Gasteiger charge is 2.09. The average molecular weight is 368 g/mol. The molecule has 0 fully saturated rings. The summed E-state index contributed by atoms with van der Waals surface area (Å²) in [5.74, 6) is -0.164. The molecule has 142 valence electrons. The molecule has 0 saturated carbocycles. The number of anilines is 1.